The van der Waals surface area contributed by atoms with Crippen molar-refractivity contribution in [3.05, 3.63) is 53.3 Å². The van der Waals surface area contributed by atoms with Crippen LogP contribution in [-0.4, -0.2) is 42.9 Å². The first kappa shape index (κ1) is 15.7. The van der Waals surface area contributed by atoms with Gasteiger partial charge in [0.2, 0.25) is 0 Å². The van der Waals surface area contributed by atoms with Crippen LogP contribution in [-0.2, 0) is 29.5 Å². The Balaban J connectivity index is 1.49. The molecule has 0 spiro atoms. The molecule has 0 aliphatic carbocycles. The van der Waals surface area contributed by atoms with Gasteiger partial charge < -0.3 is 5.32 Å². The van der Waals surface area contributed by atoms with E-state index in [1.807, 2.05) is 6.20 Å². The number of nitrogens with zero attached hydrogens (tertiary/aromatic N) is 2. The van der Waals surface area contributed by atoms with Crippen LogP contribution in [0.25, 0.3) is 11.1 Å². The van der Waals surface area contributed by atoms with E-state index in [1.165, 1.54) is 22.3 Å². The fourth-order valence-electron chi connectivity index (χ4n) is 3.42. The highest BCUT2D eigenvalue weighted by Gasteiger charge is 2.21. The predicted molar refractivity (Wildman–Crippen MR) is 94.1 cm³/mol. The highest BCUT2D eigenvalue weighted by Crippen LogP contribution is 2.28. The second-order valence-electron chi connectivity index (χ2n) is 6.51. The highest BCUT2D eigenvalue weighted by molar-refractivity contribution is 7.91. The summed E-state index contributed by atoms with van der Waals surface area (Å²) in [6.45, 7) is 3.80. The maximum atomic E-state index is 11.5. The van der Waals surface area contributed by atoms with Crippen LogP contribution in [0, 0.1) is 0 Å². The maximum Gasteiger partial charge on any atom is 0.152 e. The highest BCUT2D eigenvalue weighted by atomic mass is 32.2. The molecule has 1 N–H and O–H groups in total. The minimum atomic E-state index is -2.81. The summed E-state index contributed by atoms with van der Waals surface area (Å²) >= 11 is 0. The maximum absolute atomic E-state index is 11.5. The molecule has 0 bridgehead atoms. The summed E-state index contributed by atoms with van der Waals surface area (Å²) in [5.41, 5.74) is 6.13. The molecular formula is C18H21N3O2S. The third-order valence-corrected chi connectivity index (χ3v) is 6.46. The number of sulfone groups is 1. The molecule has 0 radical (unpaired) electrons. The number of rotatable bonds is 3. The van der Waals surface area contributed by atoms with Gasteiger partial charge in [-0.2, -0.15) is 0 Å². The molecule has 2 aromatic rings. The van der Waals surface area contributed by atoms with Gasteiger partial charge in [0.05, 0.1) is 17.2 Å². The minimum absolute atomic E-state index is 0.279. The number of hydrogen-bond donors (Lipinski definition) is 1. The largest absolute Gasteiger partial charge is 0.307 e. The molecule has 4 rings (SSSR count). The molecule has 0 amide bonds. The van der Waals surface area contributed by atoms with Gasteiger partial charge in [0.1, 0.15) is 0 Å². The normalized spacial score (nSPS) is 20.0. The lowest BCUT2D eigenvalue weighted by Gasteiger charge is -2.26. The lowest BCUT2D eigenvalue weighted by molar-refractivity contribution is 0.287. The Kier molecular flexibility index (Phi) is 4.12. The van der Waals surface area contributed by atoms with E-state index in [1.54, 1.807) is 0 Å². The van der Waals surface area contributed by atoms with E-state index in [9.17, 15) is 8.42 Å². The Hall–Kier alpha value is -1.76. The number of fused-ring (bicyclic) bond motifs is 1. The molecule has 1 fully saturated rings. The quantitative estimate of drug-likeness (QED) is 0.917. The van der Waals surface area contributed by atoms with Crippen LogP contribution in [0.4, 0.5) is 0 Å². The van der Waals surface area contributed by atoms with Gasteiger partial charge in [0, 0.05) is 38.9 Å². The van der Waals surface area contributed by atoms with E-state index in [4.69, 9.17) is 0 Å². The van der Waals surface area contributed by atoms with Crippen LogP contribution >= 0.6 is 0 Å². The summed E-state index contributed by atoms with van der Waals surface area (Å²) in [5.74, 6) is 0.558. The zero-order valence-electron chi connectivity index (χ0n) is 13.5. The third-order valence-electron chi connectivity index (χ3n) is 4.85. The second-order valence-corrected chi connectivity index (χ2v) is 8.82. The fourth-order valence-corrected chi connectivity index (χ4v) is 4.69. The molecule has 24 heavy (non-hydrogen) atoms. The number of nitrogens with one attached hydrogen (secondary N) is 1. The molecular weight excluding hydrogens is 322 g/mol. The molecule has 6 heteroatoms. The lowest BCUT2D eigenvalue weighted by atomic mass is 9.99. The number of benzene rings is 1. The standard InChI is InChI=1S/C18H21N3O2S/c22-24(23)9-7-21(8-10-24)13-14-1-3-15(4-2-14)16-5-6-20-18-12-19-11-17(16)18/h1-6,19H,7-13H2. The SMILES string of the molecule is O=S1(=O)CCN(Cc2ccc(-c3ccnc4c3CNC4)cc2)CC1. The summed E-state index contributed by atoms with van der Waals surface area (Å²) in [5, 5.41) is 3.35. The topological polar surface area (TPSA) is 62.3 Å². The Morgan fingerprint density at radius 3 is 2.54 bits per heavy atom. The number of pyridine rings is 1. The summed E-state index contributed by atoms with van der Waals surface area (Å²) in [4.78, 5) is 6.65. The van der Waals surface area contributed by atoms with Crippen LogP contribution in [0.2, 0.25) is 0 Å². The van der Waals surface area contributed by atoms with Gasteiger partial charge in [0.25, 0.3) is 0 Å². The zero-order valence-corrected chi connectivity index (χ0v) is 14.3. The molecule has 1 aromatic heterocycles. The average Bonchev–Trinajstić information content (AvgIpc) is 3.06. The van der Waals surface area contributed by atoms with E-state index in [2.05, 4.69) is 45.5 Å². The van der Waals surface area contributed by atoms with Gasteiger partial charge in [-0.15, -0.1) is 0 Å². The van der Waals surface area contributed by atoms with Crippen molar-refractivity contribution >= 4 is 9.84 Å². The fraction of sp³-hybridized carbons (Fsp3) is 0.389. The third kappa shape index (κ3) is 3.22. The molecule has 0 saturated carbocycles. The second kappa shape index (κ2) is 6.27. The van der Waals surface area contributed by atoms with Gasteiger partial charge in [-0.3, -0.25) is 9.88 Å². The van der Waals surface area contributed by atoms with Gasteiger partial charge in [-0.1, -0.05) is 24.3 Å². The Morgan fingerprint density at radius 1 is 1.04 bits per heavy atom. The van der Waals surface area contributed by atoms with Crippen molar-refractivity contribution < 1.29 is 8.42 Å². The van der Waals surface area contributed by atoms with Gasteiger partial charge >= 0.3 is 0 Å². The van der Waals surface area contributed by atoms with Crippen molar-refractivity contribution in [1.82, 2.24) is 15.2 Å². The predicted octanol–water partition coefficient (Wildman–Crippen LogP) is 1.58. The monoisotopic (exact) mass is 343 g/mol. The zero-order chi connectivity index (χ0) is 16.6. The average molecular weight is 343 g/mol. The lowest BCUT2D eigenvalue weighted by Crippen LogP contribution is -2.39. The summed E-state index contributed by atoms with van der Waals surface area (Å²) in [7, 11) is -2.81. The molecule has 1 aromatic carbocycles. The Labute approximate surface area is 142 Å². The van der Waals surface area contributed by atoms with Crippen molar-refractivity contribution in [2.75, 3.05) is 24.6 Å². The van der Waals surface area contributed by atoms with Crippen molar-refractivity contribution in [1.29, 1.82) is 0 Å². The first-order chi connectivity index (χ1) is 11.6. The van der Waals surface area contributed by atoms with Gasteiger partial charge in [-0.25, -0.2) is 8.42 Å². The summed E-state index contributed by atoms with van der Waals surface area (Å²) < 4.78 is 23.0. The van der Waals surface area contributed by atoms with Crippen LogP contribution in [0.15, 0.2) is 36.5 Å². The summed E-state index contributed by atoms with van der Waals surface area (Å²) in [6.07, 6.45) is 1.88. The molecule has 3 heterocycles. The van der Waals surface area contributed by atoms with Crippen molar-refractivity contribution in [2.24, 2.45) is 0 Å². The molecule has 0 atom stereocenters. The molecule has 2 aliphatic rings. The van der Waals surface area contributed by atoms with E-state index < -0.39 is 9.84 Å². The van der Waals surface area contributed by atoms with E-state index in [-0.39, 0.29) is 11.5 Å². The molecule has 2 aliphatic heterocycles. The van der Waals surface area contributed by atoms with Crippen molar-refractivity contribution in [3.63, 3.8) is 0 Å². The van der Waals surface area contributed by atoms with E-state index in [0.29, 0.717) is 13.1 Å². The van der Waals surface area contributed by atoms with Crippen LogP contribution < -0.4 is 5.32 Å². The van der Waals surface area contributed by atoms with E-state index in [0.717, 1.165) is 25.3 Å². The number of aromatic nitrogens is 1. The van der Waals surface area contributed by atoms with E-state index >= 15 is 0 Å². The van der Waals surface area contributed by atoms with Gasteiger partial charge in [-0.05, 0) is 28.3 Å². The van der Waals surface area contributed by atoms with Crippen molar-refractivity contribution in [3.8, 4) is 11.1 Å². The first-order valence-electron chi connectivity index (χ1n) is 8.30. The minimum Gasteiger partial charge on any atom is -0.307 e. The van der Waals surface area contributed by atoms with Crippen LogP contribution in [0.5, 0.6) is 0 Å². The van der Waals surface area contributed by atoms with Crippen LogP contribution in [0.1, 0.15) is 16.8 Å². The smallest absolute Gasteiger partial charge is 0.152 e. The molecule has 1 saturated heterocycles. The molecule has 5 nitrogen and oxygen atoms in total. The Morgan fingerprint density at radius 2 is 1.79 bits per heavy atom. The number of hydrogen-bond acceptors (Lipinski definition) is 5. The molecule has 0 unspecified atom stereocenters. The first-order valence-corrected chi connectivity index (χ1v) is 10.1. The van der Waals surface area contributed by atoms with Gasteiger partial charge in [0.15, 0.2) is 9.84 Å². The Bertz CT molecular complexity index is 833. The van der Waals surface area contributed by atoms with Crippen molar-refractivity contribution in [2.45, 2.75) is 19.6 Å². The van der Waals surface area contributed by atoms with Crippen LogP contribution in [0.3, 0.4) is 0 Å². The molecule has 126 valence electrons. The summed E-state index contributed by atoms with van der Waals surface area (Å²) in [6, 6.07) is 10.7.